The van der Waals surface area contributed by atoms with Gasteiger partial charge in [0.05, 0.1) is 48.5 Å². The number of nitrogens with zero attached hydrogens (tertiary/aromatic N) is 2. The molecule has 0 aliphatic carbocycles. The summed E-state index contributed by atoms with van der Waals surface area (Å²) in [6, 6.07) is 18.3. The van der Waals surface area contributed by atoms with Crippen molar-refractivity contribution >= 4 is 40.1 Å². The highest BCUT2D eigenvalue weighted by Crippen LogP contribution is 2.38. The summed E-state index contributed by atoms with van der Waals surface area (Å²) in [5, 5.41) is 3.51. The van der Waals surface area contributed by atoms with Crippen LogP contribution in [-0.4, -0.2) is 43.4 Å². The molecular formula is C26H22ClN3O5. The topological polar surface area (TPSA) is 91.8 Å². The van der Waals surface area contributed by atoms with Crippen molar-refractivity contribution in [1.82, 2.24) is 9.97 Å². The van der Waals surface area contributed by atoms with Crippen LogP contribution in [0.5, 0.6) is 17.2 Å². The van der Waals surface area contributed by atoms with E-state index in [0.29, 0.717) is 39.8 Å². The molecule has 3 aromatic carbocycles. The van der Waals surface area contributed by atoms with Gasteiger partial charge >= 0.3 is 5.97 Å². The molecule has 9 heteroatoms. The van der Waals surface area contributed by atoms with E-state index in [4.69, 9.17) is 30.5 Å². The van der Waals surface area contributed by atoms with Crippen molar-refractivity contribution in [2.45, 2.75) is 5.92 Å². The highest BCUT2D eigenvalue weighted by atomic mass is 35.5. The van der Waals surface area contributed by atoms with E-state index in [0.717, 1.165) is 11.3 Å². The smallest absolute Gasteiger partial charge is 0.360 e. The summed E-state index contributed by atoms with van der Waals surface area (Å²) in [7, 11) is 3.04. The number of ether oxygens (including phenoxy) is 4. The van der Waals surface area contributed by atoms with Crippen LogP contribution in [0.15, 0.2) is 60.7 Å². The molecule has 0 radical (unpaired) electrons. The van der Waals surface area contributed by atoms with Crippen molar-refractivity contribution in [3.63, 3.8) is 0 Å². The number of hydrogen-bond acceptors (Lipinski definition) is 8. The third kappa shape index (κ3) is 4.52. The molecule has 5 rings (SSSR count). The summed E-state index contributed by atoms with van der Waals surface area (Å²) < 4.78 is 22.1. The molecule has 0 fully saturated rings. The van der Waals surface area contributed by atoms with E-state index >= 15 is 0 Å². The van der Waals surface area contributed by atoms with Gasteiger partial charge in [-0.15, -0.1) is 0 Å². The van der Waals surface area contributed by atoms with Gasteiger partial charge in [0, 0.05) is 11.6 Å². The molecule has 2 heterocycles. The van der Waals surface area contributed by atoms with E-state index in [1.807, 2.05) is 42.5 Å². The number of fused-ring (bicyclic) bond motifs is 2. The Morgan fingerprint density at radius 2 is 1.74 bits per heavy atom. The first-order chi connectivity index (χ1) is 17.1. The minimum absolute atomic E-state index is 0.0462. The van der Waals surface area contributed by atoms with E-state index in [-0.39, 0.29) is 24.0 Å². The summed E-state index contributed by atoms with van der Waals surface area (Å²) in [5.74, 6) is 1.29. The van der Waals surface area contributed by atoms with Crippen molar-refractivity contribution < 1.29 is 23.7 Å². The molecule has 4 aromatic rings. The van der Waals surface area contributed by atoms with Gasteiger partial charge in [-0.05, 0) is 24.3 Å². The summed E-state index contributed by atoms with van der Waals surface area (Å²) in [6.07, 6.45) is 0. The van der Waals surface area contributed by atoms with E-state index in [2.05, 4.69) is 15.3 Å². The maximum Gasteiger partial charge on any atom is 0.360 e. The molecule has 0 bridgehead atoms. The largest absolute Gasteiger partial charge is 0.495 e. The first-order valence-electron chi connectivity index (χ1n) is 10.9. The summed E-state index contributed by atoms with van der Waals surface area (Å²) in [6.45, 7) is 0.601. The molecule has 178 valence electrons. The second kappa shape index (κ2) is 9.68. The number of anilines is 2. The van der Waals surface area contributed by atoms with E-state index in [9.17, 15) is 4.79 Å². The van der Waals surface area contributed by atoms with Gasteiger partial charge in [-0.2, -0.15) is 0 Å². The second-order valence-electron chi connectivity index (χ2n) is 7.87. The number of carbonyl (C=O) groups excluding carboxylic acids is 1. The summed E-state index contributed by atoms with van der Waals surface area (Å²) in [4.78, 5) is 22.4. The van der Waals surface area contributed by atoms with Crippen molar-refractivity contribution in [2.24, 2.45) is 0 Å². The van der Waals surface area contributed by atoms with E-state index in [1.165, 1.54) is 14.2 Å². The summed E-state index contributed by atoms with van der Waals surface area (Å²) in [5.41, 5.74) is 2.74. The molecule has 8 nitrogen and oxygen atoms in total. The SMILES string of the molecule is COc1cc(OC)c(Nc2nc3ccccc3nc2C(=O)OC[C@H]2COc3ccccc32)cc1Cl. The fourth-order valence-corrected chi connectivity index (χ4v) is 4.17. The fourth-order valence-electron chi connectivity index (χ4n) is 3.93. The van der Waals surface area contributed by atoms with Crippen LogP contribution in [-0.2, 0) is 4.74 Å². The highest BCUT2D eigenvalue weighted by molar-refractivity contribution is 6.32. The van der Waals surface area contributed by atoms with Crippen molar-refractivity contribution in [3.8, 4) is 17.2 Å². The second-order valence-corrected chi connectivity index (χ2v) is 8.27. The summed E-state index contributed by atoms with van der Waals surface area (Å²) >= 11 is 6.33. The van der Waals surface area contributed by atoms with Gasteiger partial charge in [0.15, 0.2) is 11.5 Å². The lowest BCUT2D eigenvalue weighted by Crippen LogP contribution is -2.17. The van der Waals surface area contributed by atoms with Crippen LogP contribution in [0.2, 0.25) is 5.02 Å². The Morgan fingerprint density at radius 1 is 1.03 bits per heavy atom. The number of aromatic nitrogens is 2. The van der Waals surface area contributed by atoms with Gasteiger partial charge in [-0.3, -0.25) is 0 Å². The predicted octanol–water partition coefficient (Wildman–Crippen LogP) is 5.38. The van der Waals surface area contributed by atoms with Crippen LogP contribution < -0.4 is 19.5 Å². The van der Waals surface area contributed by atoms with Gasteiger partial charge in [-0.1, -0.05) is 41.9 Å². The Morgan fingerprint density at radius 3 is 2.51 bits per heavy atom. The maximum atomic E-state index is 13.2. The number of esters is 1. The lowest BCUT2D eigenvalue weighted by Gasteiger charge is -2.16. The van der Waals surface area contributed by atoms with E-state index < -0.39 is 5.97 Å². The number of rotatable bonds is 7. The number of benzene rings is 3. The molecule has 0 amide bonds. The van der Waals surface area contributed by atoms with Gasteiger partial charge < -0.3 is 24.3 Å². The third-order valence-electron chi connectivity index (χ3n) is 5.71. The first kappa shape index (κ1) is 22.7. The zero-order valence-corrected chi connectivity index (χ0v) is 19.8. The zero-order chi connectivity index (χ0) is 24.4. The van der Waals surface area contributed by atoms with Gasteiger partial charge in [-0.25, -0.2) is 14.8 Å². The average molecular weight is 492 g/mol. The van der Waals surface area contributed by atoms with Crippen LogP contribution in [0.4, 0.5) is 11.5 Å². The molecule has 1 N–H and O–H groups in total. The minimum Gasteiger partial charge on any atom is -0.495 e. The number of nitrogens with one attached hydrogen (secondary N) is 1. The Labute approximate surface area is 206 Å². The highest BCUT2D eigenvalue weighted by Gasteiger charge is 2.27. The standard InChI is InChI=1S/C26H22ClN3O5/c1-32-22-12-23(33-2)20(11-17(22)27)30-25-24(28-18-8-4-5-9-19(18)29-25)26(31)35-14-15-13-34-21-10-6-3-7-16(15)21/h3-12,15H,13-14H2,1-2H3,(H,29,30)/t15-/m1/s1. The molecule has 0 saturated heterocycles. The lowest BCUT2D eigenvalue weighted by atomic mass is 10.0. The molecule has 35 heavy (non-hydrogen) atoms. The van der Waals surface area contributed by atoms with Crippen LogP contribution in [0.3, 0.4) is 0 Å². The van der Waals surface area contributed by atoms with Crippen LogP contribution in [0, 0.1) is 0 Å². The molecule has 1 aliphatic rings. The monoisotopic (exact) mass is 491 g/mol. The average Bonchev–Trinajstić information content (AvgIpc) is 3.30. The number of methoxy groups -OCH3 is 2. The normalized spacial score (nSPS) is 14.2. The number of hydrogen-bond donors (Lipinski definition) is 1. The lowest BCUT2D eigenvalue weighted by molar-refractivity contribution is 0.0465. The van der Waals surface area contributed by atoms with Gasteiger partial charge in [0.25, 0.3) is 0 Å². The molecule has 0 spiro atoms. The van der Waals surface area contributed by atoms with Crippen LogP contribution >= 0.6 is 11.6 Å². The van der Waals surface area contributed by atoms with Crippen molar-refractivity contribution in [3.05, 3.63) is 76.9 Å². The van der Waals surface area contributed by atoms with Crippen LogP contribution in [0.25, 0.3) is 11.0 Å². The fraction of sp³-hybridized carbons (Fsp3) is 0.192. The number of halogens is 1. The minimum atomic E-state index is -0.603. The van der Waals surface area contributed by atoms with E-state index in [1.54, 1.807) is 18.2 Å². The predicted molar refractivity (Wildman–Crippen MR) is 132 cm³/mol. The number of para-hydroxylation sites is 3. The molecule has 1 aliphatic heterocycles. The van der Waals surface area contributed by atoms with Crippen molar-refractivity contribution in [1.29, 1.82) is 0 Å². The first-order valence-corrected chi connectivity index (χ1v) is 11.3. The Hall–Kier alpha value is -4.04. The molecule has 0 unspecified atom stereocenters. The maximum absolute atomic E-state index is 13.2. The van der Waals surface area contributed by atoms with Crippen LogP contribution in [0.1, 0.15) is 22.0 Å². The molecular weight excluding hydrogens is 470 g/mol. The Kier molecular flexibility index (Phi) is 6.29. The third-order valence-corrected chi connectivity index (χ3v) is 6.00. The van der Waals surface area contributed by atoms with Gasteiger partial charge in [0.1, 0.15) is 23.9 Å². The number of carbonyl (C=O) groups is 1. The zero-order valence-electron chi connectivity index (χ0n) is 19.1. The Bertz CT molecular complexity index is 1410. The molecule has 1 atom stereocenters. The molecule has 0 saturated carbocycles. The van der Waals surface area contributed by atoms with Crippen molar-refractivity contribution in [2.75, 3.05) is 32.8 Å². The molecule has 1 aromatic heterocycles. The quantitative estimate of drug-likeness (QED) is 0.345. The van der Waals surface area contributed by atoms with Gasteiger partial charge in [0.2, 0.25) is 0 Å². The Balaban J connectivity index is 1.46.